The van der Waals surface area contributed by atoms with E-state index in [1.807, 2.05) is 14.0 Å². The summed E-state index contributed by atoms with van der Waals surface area (Å²) in [4.78, 5) is 9.25. The Morgan fingerprint density at radius 1 is 1.25 bits per heavy atom. The van der Waals surface area contributed by atoms with Gasteiger partial charge >= 0.3 is 0 Å². The molecule has 1 aromatic rings. The molecule has 0 aliphatic heterocycles. The summed E-state index contributed by atoms with van der Waals surface area (Å²) < 4.78 is 5.58. The average molecular weight is 278 g/mol. The number of rotatable bonds is 8. The first-order valence-electron chi connectivity index (χ1n) is 7.49. The van der Waals surface area contributed by atoms with Crippen molar-refractivity contribution in [1.29, 1.82) is 0 Å². The zero-order valence-corrected chi connectivity index (χ0v) is 13.0. The number of ether oxygens (including phenoxy) is 1. The minimum atomic E-state index is 0.556. The van der Waals surface area contributed by atoms with Crippen molar-refractivity contribution >= 4 is 11.6 Å². The van der Waals surface area contributed by atoms with E-state index >= 15 is 0 Å². The number of nitrogens with one attached hydrogen (secondary N) is 2. The average Bonchev–Trinajstić information content (AvgIpc) is 3.24. The third-order valence-electron chi connectivity index (χ3n) is 3.33. The van der Waals surface area contributed by atoms with Crippen LogP contribution in [0.25, 0.3) is 0 Å². The number of aromatic nitrogens is 2. The molecule has 1 aliphatic rings. The van der Waals surface area contributed by atoms with Crippen LogP contribution >= 0.6 is 0 Å². The first-order chi connectivity index (χ1) is 9.61. The molecule has 1 fully saturated rings. The van der Waals surface area contributed by atoms with Crippen LogP contribution in [0.2, 0.25) is 0 Å². The van der Waals surface area contributed by atoms with Crippen LogP contribution in [0.3, 0.4) is 0 Å². The van der Waals surface area contributed by atoms with E-state index in [2.05, 4.69) is 34.4 Å². The molecule has 1 saturated carbocycles. The molecule has 0 aromatic carbocycles. The van der Waals surface area contributed by atoms with Gasteiger partial charge in [0.15, 0.2) is 0 Å². The minimum Gasteiger partial charge on any atom is -0.379 e. The number of hydrogen-bond donors (Lipinski definition) is 2. The second-order valence-electron chi connectivity index (χ2n) is 5.82. The molecule has 112 valence electrons. The monoisotopic (exact) mass is 278 g/mol. The van der Waals surface area contributed by atoms with Crippen molar-refractivity contribution < 1.29 is 4.74 Å². The quantitative estimate of drug-likeness (QED) is 0.716. The molecule has 0 radical (unpaired) electrons. The van der Waals surface area contributed by atoms with Gasteiger partial charge < -0.3 is 15.4 Å². The van der Waals surface area contributed by atoms with E-state index in [4.69, 9.17) is 4.74 Å². The molecule has 2 N–H and O–H groups in total. The first kappa shape index (κ1) is 15.0. The van der Waals surface area contributed by atoms with Crippen molar-refractivity contribution in [3.05, 3.63) is 11.4 Å². The van der Waals surface area contributed by atoms with Gasteiger partial charge in [-0.15, -0.1) is 0 Å². The van der Waals surface area contributed by atoms with E-state index in [0.29, 0.717) is 18.4 Å². The van der Waals surface area contributed by atoms with Crippen LogP contribution in [0, 0.1) is 12.8 Å². The van der Waals surface area contributed by atoms with Crippen LogP contribution in [-0.2, 0) is 4.74 Å². The molecule has 5 heteroatoms. The molecule has 0 atom stereocenters. The fourth-order valence-electron chi connectivity index (χ4n) is 2.03. The van der Waals surface area contributed by atoms with Gasteiger partial charge in [-0.25, -0.2) is 9.97 Å². The fourth-order valence-corrected chi connectivity index (χ4v) is 2.03. The van der Waals surface area contributed by atoms with Gasteiger partial charge in [0.1, 0.15) is 17.5 Å². The predicted octanol–water partition coefficient (Wildman–Crippen LogP) is 2.79. The summed E-state index contributed by atoms with van der Waals surface area (Å²) in [5.74, 6) is 3.95. The molecular formula is C15H26N4O. The van der Waals surface area contributed by atoms with E-state index in [9.17, 15) is 0 Å². The van der Waals surface area contributed by atoms with Gasteiger partial charge in [0.2, 0.25) is 0 Å². The van der Waals surface area contributed by atoms with Crippen molar-refractivity contribution in [1.82, 2.24) is 9.97 Å². The van der Waals surface area contributed by atoms with E-state index < -0.39 is 0 Å². The van der Waals surface area contributed by atoms with Crippen molar-refractivity contribution in [3.8, 4) is 0 Å². The van der Waals surface area contributed by atoms with E-state index in [-0.39, 0.29) is 0 Å². The third-order valence-corrected chi connectivity index (χ3v) is 3.33. The maximum Gasteiger partial charge on any atom is 0.136 e. The van der Waals surface area contributed by atoms with E-state index in [1.54, 1.807) is 0 Å². The van der Waals surface area contributed by atoms with Gasteiger partial charge in [0, 0.05) is 31.7 Å². The molecule has 1 aromatic heterocycles. The molecule has 0 bridgehead atoms. The minimum absolute atomic E-state index is 0.556. The van der Waals surface area contributed by atoms with Gasteiger partial charge in [0.05, 0.1) is 6.61 Å². The lowest BCUT2D eigenvalue weighted by Crippen LogP contribution is -2.15. The summed E-state index contributed by atoms with van der Waals surface area (Å²) in [6.45, 7) is 8.64. The van der Waals surface area contributed by atoms with Gasteiger partial charge in [0.25, 0.3) is 0 Å². The largest absolute Gasteiger partial charge is 0.379 e. The Kier molecular flexibility index (Phi) is 5.17. The Hall–Kier alpha value is -1.36. The number of hydrogen-bond acceptors (Lipinski definition) is 5. The third kappa shape index (κ3) is 4.07. The zero-order valence-electron chi connectivity index (χ0n) is 13.0. The van der Waals surface area contributed by atoms with Crippen LogP contribution in [0.1, 0.15) is 44.0 Å². The van der Waals surface area contributed by atoms with E-state index in [0.717, 1.165) is 36.2 Å². The van der Waals surface area contributed by atoms with Crippen LogP contribution < -0.4 is 10.6 Å². The van der Waals surface area contributed by atoms with Crippen molar-refractivity contribution in [2.45, 2.75) is 39.5 Å². The van der Waals surface area contributed by atoms with Crippen LogP contribution in [0.5, 0.6) is 0 Å². The molecule has 1 heterocycles. The summed E-state index contributed by atoms with van der Waals surface area (Å²) in [5, 5.41) is 6.52. The summed E-state index contributed by atoms with van der Waals surface area (Å²) in [6, 6.07) is 0. The van der Waals surface area contributed by atoms with Crippen molar-refractivity contribution in [3.63, 3.8) is 0 Å². The Labute approximate surface area is 121 Å². The summed E-state index contributed by atoms with van der Waals surface area (Å²) in [7, 11) is 1.90. The van der Waals surface area contributed by atoms with E-state index in [1.165, 1.54) is 12.8 Å². The molecule has 20 heavy (non-hydrogen) atoms. The topological polar surface area (TPSA) is 59.1 Å². The van der Waals surface area contributed by atoms with Gasteiger partial charge in [-0.05, 0) is 25.7 Å². The molecule has 2 rings (SSSR count). The van der Waals surface area contributed by atoms with Gasteiger partial charge in [-0.2, -0.15) is 0 Å². The van der Waals surface area contributed by atoms with Crippen LogP contribution in [0.15, 0.2) is 0 Å². The highest BCUT2D eigenvalue weighted by Gasteiger charge is 2.28. The summed E-state index contributed by atoms with van der Waals surface area (Å²) in [5.41, 5.74) is 1.07. The second-order valence-corrected chi connectivity index (χ2v) is 5.82. The lowest BCUT2D eigenvalue weighted by atomic mass is 10.2. The molecule has 0 amide bonds. The molecule has 1 aliphatic carbocycles. The molecule has 0 saturated heterocycles. The highest BCUT2D eigenvalue weighted by Crippen LogP contribution is 2.39. The lowest BCUT2D eigenvalue weighted by Gasteiger charge is -2.14. The smallest absolute Gasteiger partial charge is 0.136 e. The second kappa shape index (κ2) is 6.88. The Morgan fingerprint density at radius 3 is 2.55 bits per heavy atom. The Bertz CT molecular complexity index is 444. The van der Waals surface area contributed by atoms with Crippen LogP contribution in [0.4, 0.5) is 11.6 Å². The highest BCUT2D eigenvalue weighted by atomic mass is 16.5. The number of anilines is 2. The Morgan fingerprint density at radius 2 is 1.95 bits per heavy atom. The molecular weight excluding hydrogens is 252 g/mol. The summed E-state index contributed by atoms with van der Waals surface area (Å²) >= 11 is 0. The maximum absolute atomic E-state index is 5.58. The van der Waals surface area contributed by atoms with Crippen LogP contribution in [-0.4, -0.2) is 36.8 Å². The van der Waals surface area contributed by atoms with Gasteiger partial charge in [-0.3, -0.25) is 0 Å². The Balaban J connectivity index is 1.93. The standard InChI is InChI=1S/C15H26N4O/c1-10(2)9-20-8-7-17-14-11(3)13(16-4)18-15(19-14)12-5-6-12/h10,12H,5-9H2,1-4H3,(H2,16,17,18,19). The zero-order chi connectivity index (χ0) is 14.5. The summed E-state index contributed by atoms with van der Waals surface area (Å²) in [6.07, 6.45) is 2.42. The fraction of sp³-hybridized carbons (Fsp3) is 0.733. The predicted molar refractivity (Wildman–Crippen MR) is 82.4 cm³/mol. The van der Waals surface area contributed by atoms with Gasteiger partial charge in [-0.1, -0.05) is 13.8 Å². The SMILES string of the molecule is CNc1nc(C2CC2)nc(NCCOCC(C)C)c1C. The highest BCUT2D eigenvalue weighted by molar-refractivity contribution is 5.57. The first-order valence-corrected chi connectivity index (χ1v) is 7.49. The lowest BCUT2D eigenvalue weighted by molar-refractivity contribution is 0.118. The molecule has 0 unspecified atom stereocenters. The molecule has 5 nitrogen and oxygen atoms in total. The maximum atomic E-state index is 5.58. The number of nitrogens with zero attached hydrogens (tertiary/aromatic N) is 2. The normalized spacial score (nSPS) is 14.7. The van der Waals surface area contributed by atoms with Crippen molar-refractivity contribution in [2.75, 3.05) is 37.4 Å². The molecule has 0 spiro atoms. The van der Waals surface area contributed by atoms with Crippen molar-refractivity contribution in [2.24, 2.45) is 5.92 Å².